The minimum atomic E-state index is -5.05. The van der Waals surface area contributed by atoms with Crippen molar-refractivity contribution >= 4 is 69.5 Å². The van der Waals surface area contributed by atoms with Gasteiger partial charge < -0.3 is 26.4 Å². The van der Waals surface area contributed by atoms with Gasteiger partial charge >= 0.3 is 0 Å². The zero-order valence-corrected chi connectivity index (χ0v) is 27.9. The summed E-state index contributed by atoms with van der Waals surface area (Å²) in [4.78, 5) is -1.42. The van der Waals surface area contributed by atoms with Gasteiger partial charge in [0.05, 0.1) is 28.3 Å². The molecule has 0 aliphatic carbocycles. The van der Waals surface area contributed by atoms with Crippen LogP contribution in [0.5, 0.6) is 11.5 Å². The molecule has 0 atom stereocenters. The molecule has 0 bridgehead atoms. The zero-order valence-electron chi connectivity index (χ0n) is 25.5. The summed E-state index contributed by atoms with van der Waals surface area (Å²) in [5.41, 5.74) is 12.6. The first-order valence-electron chi connectivity index (χ1n) is 13.7. The van der Waals surface area contributed by atoms with Crippen molar-refractivity contribution in [3.63, 3.8) is 0 Å². The molecule has 0 aromatic heterocycles. The molecule has 0 saturated heterocycles. The molecule has 19 heteroatoms. The lowest BCUT2D eigenvalue weighted by Crippen LogP contribution is -2.30. The number of nitrogens with two attached hydrogens (primary N) is 1. The summed E-state index contributed by atoms with van der Waals surface area (Å²) in [5.74, 6) is -0.664. The van der Waals surface area contributed by atoms with Gasteiger partial charge in [0, 0.05) is 30.2 Å². The van der Waals surface area contributed by atoms with Crippen molar-refractivity contribution in [2.75, 3.05) is 36.8 Å². The second-order valence-electron chi connectivity index (χ2n) is 10.0. The molecule has 47 heavy (non-hydrogen) atoms. The molecule has 252 valence electrons. The van der Waals surface area contributed by atoms with Crippen molar-refractivity contribution in [1.29, 1.82) is 0 Å². The van der Waals surface area contributed by atoms with Crippen molar-refractivity contribution in [1.82, 2.24) is 4.31 Å². The molecule has 0 spiro atoms. The summed E-state index contributed by atoms with van der Waals surface area (Å²) < 4.78 is 99.3. The second kappa shape index (κ2) is 13.3. The predicted molar refractivity (Wildman–Crippen MR) is 175 cm³/mol. The Kier molecular flexibility index (Phi) is 9.99. The van der Waals surface area contributed by atoms with Crippen molar-refractivity contribution in [3.05, 3.63) is 60.2 Å². The predicted octanol–water partition coefficient (Wildman–Crippen LogP) is 4.82. The fraction of sp³-hybridized carbons (Fsp3) is 0.214. The van der Waals surface area contributed by atoms with Crippen LogP contribution in [0.2, 0.25) is 0 Å². The topological polar surface area (TPSA) is 250 Å². The van der Waals surface area contributed by atoms with Crippen LogP contribution in [-0.2, 0) is 30.3 Å². The number of benzene rings is 4. The first kappa shape index (κ1) is 35.3. The standard InChI is InChI=1S/C28H32N6O10S3/c1-5-34(6-2)45(36,37)19-9-7-18(8-10-19)30-31-22-15-24(44-4)23(11-16(22)3)32-33-27-25(47(41,42)43)13-17-12-20(46(38,39)40)14-21(29)26(17)28(27)35/h7-15,30-31,35H,5-6,29H2,1-4H3,(H,38,39,40)(H,41,42,43)/b33-32+. The molecule has 16 nitrogen and oxygen atoms in total. The summed E-state index contributed by atoms with van der Waals surface area (Å²) in [6.45, 7) is 5.93. The van der Waals surface area contributed by atoms with E-state index in [0.717, 1.165) is 18.2 Å². The molecule has 7 N–H and O–H groups in total. The number of phenols is 1. The van der Waals surface area contributed by atoms with Gasteiger partial charge in [-0.3, -0.25) is 9.11 Å². The second-order valence-corrected chi connectivity index (χ2v) is 14.8. The van der Waals surface area contributed by atoms with E-state index in [4.69, 9.17) is 10.5 Å². The average Bonchev–Trinajstić information content (AvgIpc) is 2.99. The van der Waals surface area contributed by atoms with E-state index in [9.17, 15) is 39.5 Å². The van der Waals surface area contributed by atoms with Crippen LogP contribution >= 0.6 is 0 Å². The zero-order chi connectivity index (χ0) is 34.9. The van der Waals surface area contributed by atoms with Gasteiger partial charge in [0.1, 0.15) is 22.0 Å². The Hall–Kier alpha value is -4.53. The summed E-state index contributed by atoms with van der Waals surface area (Å²) >= 11 is 0. The SMILES string of the molecule is CCN(CC)S(=O)(=O)c1ccc(NNc2cc(OC)c(/N=N/c3c(S(=O)(=O)O)cc4cc(S(=O)(=O)O)cc(N)c4c3O)cc2C)cc1. The van der Waals surface area contributed by atoms with Crippen LogP contribution in [0.4, 0.5) is 28.4 Å². The number of methoxy groups -OCH3 is 1. The molecule has 0 radical (unpaired) electrons. The lowest BCUT2D eigenvalue weighted by atomic mass is 10.1. The highest BCUT2D eigenvalue weighted by Crippen LogP contribution is 2.45. The van der Waals surface area contributed by atoms with Crippen LogP contribution in [0.1, 0.15) is 19.4 Å². The highest BCUT2D eigenvalue weighted by Gasteiger charge is 2.25. The van der Waals surface area contributed by atoms with Crippen molar-refractivity contribution < 1.29 is 44.2 Å². The number of nitrogen functional groups attached to an aromatic ring is 1. The highest BCUT2D eigenvalue weighted by atomic mass is 32.2. The van der Waals surface area contributed by atoms with E-state index in [1.807, 2.05) is 0 Å². The van der Waals surface area contributed by atoms with Gasteiger partial charge in [0.25, 0.3) is 20.2 Å². The summed E-state index contributed by atoms with van der Waals surface area (Å²) in [7, 11) is -12.1. The van der Waals surface area contributed by atoms with Gasteiger partial charge in [-0.2, -0.15) is 21.1 Å². The number of aromatic hydroxyl groups is 1. The van der Waals surface area contributed by atoms with E-state index in [1.165, 1.54) is 29.6 Å². The third-order valence-electron chi connectivity index (χ3n) is 7.05. The van der Waals surface area contributed by atoms with E-state index in [0.29, 0.717) is 30.0 Å². The number of ether oxygens (including phenoxy) is 1. The molecule has 0 aliphatic heterocycles. The Balaban J connectivity index is 1.67. The number of sulfonamides is 1. The van der Waals surface area contributed by atoms with Gasteiger partial charge in [-0.25, -0.2) is 8.42 Å². The molecule has 0 unspecified atom stereocenters. The Morgan fingerprint density at radius 2 is 1.49 bits per heavy atom. The number of hydrogen-bond acceptors (Lipinski definition) is 13. The largest absolute Gasteiger partial charge is 0.505 e. The maximum absolute atomic E-state index is 12.7. The molecule has 4 rings (SSSR count). The number of nitrogens with zero attached hydrogens (tertiary/aromatic N) is 3. The van der Waals surface area contributed by atoms with E-state index in [-0.39, 0.29) is 32.8 Å². The number of nitrogens with one attached hydrogen (secondary N) is 2. The molecule has 0 fully saturated rings. The number of azo groups is 1. The molecule has 0 aliphatic rings. The first-order valence-corrected chi connectivity index (χ1v) is 18.0. The number of fused-ring (bicyclic) bond motifs is 1. The van der Waals surface area contributed by atoms with Crippen molar-refractivity contribution in [2.24, 2.45) is 10.2 Å². The molecular weight excluding hydrogens is 677 g/mol. The first-order chi connectivity index (χ1) is 21.9. The molecule has 4 aromatic rings. The minimum absolute atomic E-state index is 0.0944. The number of aryl methyl sites for hydroxylation is 1. The fourth-order valence-electron chi connectivity index (χ4n) is 4.65. The third kappa shape index (κ3) is 7.39. The maximum atomic E-state index is 12.7. The molecule has 4 aromatic carbocycles. The van der Waals surface area contributed by atoms with Gasteiger partial charge in [-0.15, -0.1) is 10.2 Å². The number of phenolic OH excluding ortho intramolecular Hbond substituents is 1. The lowest BCUT2D eigenvalue weighted by molar-refractivity contribution is 0.416. The number of hydrazine groups is 1. The highest BCUT2D eigenvalue weighted by molar-refractivity contribution is 7.89. The fourth-order valence-corrected chi connectivity index (χ4v) is 7.32. The van der Waals surface area contributed by atoms with Gasteiger partial charge in [-0.1, -0.05) is 13.8 Å². The molecule has 0 heterocycles. The Morgan fingerprint density at radius 3 is 2.04 bits per heavy atom. The van der Waals surface area contributed by atoms with Crippen molar-refractivity contribution in [2.45, 2.75) is 35.5 Å². The Bertz CT molecular complexity index is 2200. The summed E-state index contributed by atoms with van der Waals surface area (Å²) in [6, 6.07) is 11.8. The average molecular weight is 709 g/mol. The third-order valence-corrected chi connectivity index (χ3v) is 10.8. The van der Waals surface area contributed by atoms with E-state index < -0.39 is 51.5 Å². The lowest BCUT2D eigenvalue weighted by Gasteiger charge is -2.19. The number of anilines is 3. The minimum Gasteiger partial charge on any atom is -0.505 e. The van der Waals surface area contributed by atoms with E-state index in [1.54, 1.807) is 39.0 Å². The smallest absolute Gasteiger partial charge is 0.296 e. The van der Waals surface area contributed by atoms with Crippen LogP contribution in [0.15, 0.2) is 79.5 Å². The summed E-state index contributed by atoms with van der Waals surface area (Å²) in [6.07, 6.45) is 0. The number of rotatable bonds is 12. The Morgan fingerprint density at radius 1 is 0.851 bits per heavy atom. The molecular formula is C28H32N6O10S3. The maximum Gasteiger partial charge on any atom is 0.296 e. The van der Waals surface area contributed by atoms with Crippen LogP contribution in [0, 0.1) is 6.92 Å². The monoisotopic (exact) mass is 708 g/mol. The molecule has 0 saturated carbocycles. The van der Waals surface area contributed by atoms with Crippen LogP contribution in [0.25, 0.3) is 10.8 Å². The van der Waals surface area contributed by atoms with Gasteiger partial charge in [0.2, 0.25) is 10.0 Å². The van der Waals surface area contributed by atoms with Crippen LogP contribution in [0.3, 0.4) is 0 Å². The quantitative estimate of drug-likeness (QED) is 0.0500. The van der Waals surface area contributed by atoms with Crippen molar-refractivity contribution in [3.8, 4) is 11.5 Å². The van der Waals surface area contributed by atoms with Crippen LogP contribution in [-0.4, -0.2) is 64.0 Å². The van der Waals surface area contributed by atoms with Gasteiger partial charge in [-0.05, 0) is 66.4 Å². The number of hydrogen-bond donors (Lipinski definition) is 6. The van der Waals surface area contributed by atoms with Crippen LogP contribution < -0.4 is 21.3 Å². The molecule has 0 amide bonds. The Labute approximate surface area is 271 Å². The normalized spacial score (nSPS) is 12.6. The van der Waals surface area contributed by atoms with E-state index in [2.05, 4.69) is 21.1 Å². The summed E-state index contributed by atoms with van der Waals surface area (Å²) in [5, 5.41) is 18.4. The van der Waals surface area contributed by atoms with E-state index >= 15 is 0 Å². The van der Waals surface area contributed by atoms with Gasteiger partial charge in [0.15, 0.2) is 5.75 Å².